The third-order valence-corrected chi connectivity index (χ3v) is 1.51. The highest BCUT2D eigenvalue weighted by Gasteiger charge is 2.24. The smallest absolute Gasteiger partial charge is 0.142 e. The van der Waals surface area contributed by atoms with E-state index in [4.69, 9.17) is 39.9 Å². The van der Waals surface area contributed by atoms with Crippen LogP contribution in [0.2, 0.25) is 0 Å². The standard InChI is InChI=1S/C5H9Cl3O/c1-4(6)2-5(7,8)3-9/h4,9H,2-3H2,1H3. The van der Waals surface area contributed by atoms with Crippen molar-refractivity contribution in [2.75, 3.05) is 6.61 Å². The zero-order valence-electron chi connectivity index (χ0n) is 5.07. The number of hydrogen-bond acceptors (Lipinski definition) is 1. The molecule has 0 bridgehead atoms. The number of rotatable bonds is 3. The van der Waals surface area contributed by atoms with Gasteiger partial charge in [-0.15, -0.1) is 11.6 Å². The van der Waals surface area contributed by atoms with Crippen LogP contribution in [0.15, 0.2) is 0 Å². The van der Waals surface area contributed by atoms with Crippen molar-refractivity contribution in [1.29, 1.82) is 0 Å². The van der Waals surface area contributed by atoms with Crippen LogP contribution in [0.1, 0.15) is 13.3 Å². The Morgan fingerprint density at radius 3 is 2.11 bits per heavy atom. The first-order chi connectivity index (χ1) is 3.98. The molecule has 56 valence electrons. The van der Waals surface area contributed by atoms with Crippen molar-refractivity contribution in [3.63, 3.8) is 0 Å². The molecule has 0 heterocycles. The highest BCUT2D eigenvalue weighted by atomic mass is 35.5. The van der Waals surface area contributed by atoms with Crippen molar-refractivity contribution in [1.82, 2.24) is 0 Å². The van der Waals surface area contributed by atoms with Gasteiger partial charge in [0.05, 0.1) is 6.61 Å². The van der Waals surface area contributed by atoms with Crippen molar-refractivity contribution in [2.24, 2.45) is 0 Å². The molecule has 0 fully saturated rings. The first-order valence-corrected chi connectivity index (χ1v) is 3.80. The van der Waals surface area contributed by atoms with Crippen molar-refractivity contribution in [3.05, 3.63) is 0 Å². The predicted molar refractivity (Wildman–Crippen MR) is 41.5 cm³/mol. The third-order valence-electron chi connectivity index (χ3n) is 0.811. The lowest BCUT2D eigenvalue weighted by atomic mass is 10.2. The fraction of sp³-hybridized carbons (Fsp3) is 1.00. The molecule has 4 heteroatoms. The van der Waals surface area contributed by atoms with Gasteiger partial charge in [-0.1, -0.05) is 23.2 Å². The number of aliphatic hydroxyl groups is 1. The van der Waals surface area contributed by atoms with E-state index in [2.05, 4.69) is 0 Å². The summed E-state index contributed by atoms with van der Waals surface area (Å²) in [7, 11) is 0. The van der Waals surface area contributed by atoms with E-state index >= 15 is 0 Å². The van der Waals surface area contributed by atoms with Gasteiger partial charge in [-0.05, 0) is 13.3 Å². The molecule has 1 atom stereocenters. The quantitative estimate of drug-likeness (QED) is 0.678. The van der Waals surface area contributed by atoms with Crippen molar-refractivity contribution >= 4 is 34.8 Å². The van der Waals surface area contributed by atoms with Gasteiger partial charge in [-0.3, -0.25) is 0 Å². The largest absolute Gasteiger partial charge is 0.393 e. The van der Waals surface area contributed by atoms with Gasteiger partial charge >= 0.3 is 0 Å². The number of aliphatic hydroxyl groups excluding tert-OH is 1. The summed E-state index contributed by atoms with van der Waals surface area (Å²) in [5.41, 5.74) is 0. The second-order valence-corrected chi connectivity index (χ2v) is 4.38. The molecule has 0 aliphatic carbocycles. The Kier molecular flexibility index (Phi) is 4.22. The lowest BCUT2D eigenvalue weighted by molar-refractivity contribution is 0.273. The maximum absolute atomic E-state index is 8.52. The fourth-order valence-electron chi connectivity index (χ4n) is 0.476. The molecule has 9 heavy (non-hydrogen) atoms. The molecule has 0 aliphatic rings. The summed E-state index contributed by atoms with van der Waals surface area (Å²) in [5.74, 6) is 0. The van der Waals surface area contributed by atoms with Gasteiger partial charge in [-0.2, -0.15) is 0 Å². The van der Waals surface area contributed by atoms with Gasteiger partial charge < -0.3 is 5.11 Å². The summed E-state index contributed by atoms with van der Waals surface area (Å²) in [6.45, 7) is 1.52. The first-order valence-electron chi connectivity index (χ1n) is 2.61. The van der Waals surface area contributed by atoms with Gasteiger partial charge in [0, 0.05) is 5.38 Å². The molecule has 1 N–H and O–H groups in total. The van der Waals surface area contributed by atoms with Gasteiger partial charge in [0.15, 0.2) is 0 Å². The van der Waals surface area contributed by atoms with E-state index in [9.17, 15) is 0 Å². The molecule has 0 radical (unpaired) electrons. The van der Waals surface area contributed by atoms with Crippen LogP contribution in [0, 0.1) is 0 Å². The summed E-state index contributed by atoms with van der Waals surface area (Å²) < 4.78 is -1.07. The fourth-order valence-corrected chi connectivity index (χ4v) is 1.36. The third kappa shape index (κ3) is 5.28. The Hall–Kier alpha value is 0.830. The van der Waals surface area contributed by atoms with Crippen LogP contribution in [-0.4, -0.2) is 21.4 Å². The number of hydrogen-bond donors (Lipinski definition) is 1. The maximum Gasteiger partial charge on any atom is 0.142 e. The summed E-state index contributed by atoms with van der Waals surface area (Å²) in [5, 5.41) is 8.42. The van der Waals surface area contributed by atoms with E-state index in [-0.39, 0.29) is 12.0 Å². The molecular weight excluding hydrogens is 182 g/mol. The summed E-state index contributed by atoms with van der Waals surface area (Å²) >= 11 is 16.7. The molecule has 0 aliphatic heterocycles. The average Bonchev–Trinajstić information content (AvgIpc) is 1.63. The van der Waals surface area contributed by atoms with Crippen molar-refractivity contribution < 1.29 is 5.11 Å². The van der Waals surface area contributed by atoms with E-state index in [1.54, 1.807) is 6.92 Å². The normalized spacial score (nSPS) is 15.7. The SMILES string of the molecule is CC(Cl)CC(Cl)(Cl)CO. The first kappa shape index (κ1) is 9.83. The van der Waals surface area contributed by atoms with E-state index in [1.807, 2.05) is 0 Å². The molecule has 0 rings (SSSR count). The van der Waals surface area contributed by atoms with Gasteiger partial charge in [0.2, 0.25) is 0 Å². The molecule has 1 nitrogen and oxygen atoms in total. The molecule has 1 unspecified atom stereocenters. The van der Waals surface area contributed by atoms with Crippen LogP contribution < -0.4 is 0 Å². The number of halogens is 3. The highest BCUT2D eigenvalue weighted by Crippen LogP contribution is 2.27. The lowest BCUT2D eigenvalue weighted by Gasteiger charge is -2.16. The van der Waals surface area contributed by atoms with E-state index in [0.717, 1.165) is 0 Å². The Labute approximate surface area is 69.9 Å². The number of alkyl halides is 3. The minimum Gasteiger partial charge on any atom is -0.393 e. The average molecular weight is 191 g/mol. The Morgan fingerprint density at radius 2 is 2.00 bits per heavy atom. The van der Waals surface area contributed by atoms with Crippen LogP contribution in [0.3, 0.4) is 0 Å². The van der Waals surface area contributed by atoms with Gasteiger partial charge in [0.1, 0.15) is 4.33 Å². The molecule has 0 aromatic rings. The van der Waals surface area contributed by atoms with Gasteiger partial charge in [0.25, 0.3) is 0 Å². The van der Waals surface area contributed by atoms with E-state index in [1.165, 1.54) is 0 Å². The summed E-state index contributed by atoms with van der Waals surface area (Å²) in [6, 6.07) is 0. The minimum atomic E-state index is -1.07. The zero-order valence-corrected chi connectivity index (χ0v) is 7.34. The molecule has 0 saturated carbocycles. The monoisotopic (exact) mass is 190 g/mol. The Balaban J connectivity index is 3.58. The van der Waals surface area contributed by atoms with Crippen molar-refractivity contribution in [3.8, 4) is 0 Å². The molecule has 0 aromatic carbocycles. The zero-order chi connectivity index (χ0) is 7.49. The van der Waals surface area contributed by atoms with Crippen LogP contribution in [0.4, 0.5) is 0 Å². The maximum atomic E-state index is 8.52. The van der Waals surface area contributed by atoms with Crippen molar-refractivity contribution in [2.45, 2.75) is 23.1 Å². The predicted octanol–water partition coefficient (Wildman–Crippen LogP) is 2.17. The van der Waals surface area contributed by atoms with Crippen LogP contribution in [-0.2, 0) is 0 Å². The second kappa shape index (κ2) is 3.87. The Morgan fingerprint density at radius 1 is 1.56 bits per heavy atom. The van der Waals surface area contributed by atoms with Crippen LogP contribution >= 0.6 is 34.8 Å². The lowest BCUT2D eigenvalue weighted by Crippen LogP contribution is -2.21. The van der Waals surface area contributed by atoms with Gasteiger partial charge in [-0.25, -0.2) is 0 Å². The molecule has 0 spiro atoms. The Bertz CT molecular complexity index is 82.3. The molecule has 0 amide bonds. The van der Waals surface area contributed by atoms with E-state index < -0.39 is 4.33 Å². The van der Waals surface area contributed by atoms with E-state index in [0.29, 0.717) is 6.42 Å². The minimum absolute atomic E-state index is 0.104. The molecule has 0 saturated heterocycles. The topological polar surface area (TPSA) is 20.2 Å². The summed E-state index contributed by atoms with van der Waals surface area (Å²) in [6.07, 6.45) is 0.397. The molecule has 0 aromatic heterocycles. The molecular formula is C5H9Cl3O. The van der Waals surface area contributed by atoms with Crippen LogP contribution in [0.5, 0.6) is 0 Å². The highest BCUT2D eigenvalue weighted by molar-refractivity contribution is 6.48. The summed E-state index contributed by atoms with van der Waals surface area (Å²) in [4.78, 5) is 0. The second-order valence-electron chi connectivity index (χ2n) is 2.00. The van der Waals surface area contributed by atoms with Crippen LogP contribution in [0.25, 0.3) is 0 Å².